The molecule has 0 saturated heterocycles. The Bertz CT molecular complexity index is 1090. The van der Waals surface area contributed by atoms with Gasteiger partial charge in [0.25, 0.3) is 0 Å². The molecule has 0 unspecified atom stereocenters. The molecule has 31 heavy (non-hydrogen) atoms. The third kappa shape index (κ3) is 3.77. The number of carboxylic acids is 1. The lowest BCUT2D eigenvalue weighted by Gasteiger charge is -2.23. The van der Waals surface area contributed by atoms with E-state index in [1.807, 2.05) is 24.3 Å². The lowest BCUT2D eigenvalue weighted by Crippen LogP contribution is -2.35. The van der Waals surface area contributed by atoms with Crippen LogP contribution in [0.3, 0.4) is 0 Å². The van der Waals surface area contributed by atoms with Gasteiger partial charge in [-0.1, -0.05) is 48.5 Å². The topological polar surface area (TPSA) is 79.7 Å². The Morgan fingerprint density at radius 3 is 2.16 bits per heavy atom. The number of anilines is 1. The molecular weight excluding hydrogens is 392 g/mol. The van der Waals surface area contributed by atoms with Gasteiger partial charge in [-0.25, -0.2) is 14.6 Å². The second-order valence-corrected chi connectivity index (χ2v) is 8.07. The van der Waals surface area contributed by atoms with E-state index in [-0.39, 0.29) is 18.1 Å². The number of hydrogen-bond acceptors (Lipinski definition) is 4. The van der Waals surface area contributed by atoms with Crippen molar-refractivity contribution in [1.82, 2.24) is 4.98 Å². The quantitative estimate of drug-likeness (QED) is 0.618. The number of amides is 1. The molecule has 6 nitrogen and oxygen atoms in total. The minimum atomic E-state index is -1.05. The average molecular weight is 414 g/mol. The van der Waals surface area contributed by atoms with Crippen molar-refractivity contribution in [3.05, 3.63) is 83.6 Å². The van der Waals surface area contributed by atoms with Crippen LogP contribution in [0.1, 0.15) is 40.2 Å². The van der Waals surface area contributed by atoms with Crippen molar-refractivity contribution in [2.45, 2.75) is 18.8 Å². The molecule has 1 aromatic heterocycles. The minimum Gasteiger partial charge on any atom is -0.478 e. The molecule has 1 heterocycles. The van der Waals surface area contributed by atoms with Crippen LogP contribution < -0.4 is 4.90 Å². The van der Waals surface area contributed by atoms with Gasteiger partial charge in [-0.15, -0.1) is 0 Å². The highest BCUT2D eigenvalue weighted by atomic mass is 16.6. The van der Waals surface area contributed by atoms with Gasteiger partial charge in [-0.3, -0.25) is 4.90 Å². The molecule has 156 valence electrons. The van der Waals surface area contributed by atoms with E-state index in [0.717, 1.165) is 24.0 Å². The summed E-state index contributed by atoms with van der Waals surface area (Å²) in [6.45, 7) is 0.761. The van der Waals surface area contributed by atoms with E-state index in [4.69, 9.17) is 9.84 Å². The number of aromatic carboxylic acids is 1. The van der Waals surface area contributed by atoms with Crippen molar-refractivity contribution in [2.75, 3.05) is 18.1 Å². The fourth-order valence-corrected chi connectivity index (χ4v) is 4.16. The number of nitrogens with zero attached hydrogens (tertiary/aromatic N) is 2. The zero-order valence-electron chi connectivity index (χ0n) is 16.9. The van der Waals surface area contributed by atoms with Crippen LogP contribution in [0.15, 0.2) is 66.9 Å². The number of ether oxygens (including phenoxy) is 1. The highest BCUT2D eigenvalue weighted by Crippen LogP contribution is 2.44. The molecule has 5 rings (SSSR count). The van der Waals surface area contributed by atoms with Crippen LogP contribution in [0, 0.1) is 5.92 Å². The molecule has 0 bridgehead atoms. The summed E-state index contributed by atoms with van der Waals surface area (Å²) in [4.78, 5) is 29.9. The molecular formula is C25H22N2O4. The zero-order chi connectivity index (χ0) is 21.4. The van der Waals surface area contributed by atoms with E-state index in [9.17, 15) is 9.59 Å². The molecule has 2 aromatic carbocycles. The van der Waals surface area contributed by atoms with Gasteiger partial charge in [-0.2, -0.15) is 0 Å². The summed E-state index contributed by atoms with van der Waals surface area (Å²) in [5, 5.41) is 9.10. The van der Waals surface area contributed by atoms with Crippen molar-refractivity contribution >= 4 is 17.9 Å². The summed E-state index contributed by atoms with van der Waals surface area (Å²) >= 11 is 0. The number of carbonyl (C=O) groups excluding carboxylic acids is 1. The molecule has 3 aromatic rings. The number of carboxylic acid groups (broad SMARTS) is 1. The van der Waals surface area contributed by atoms with E-state index >= 15 is 0 Å². The predicted octanol–water partition coefficient (Wildman–Crippen LogP) is 4.95. The number of fused-ring (bicyclic) bond motifs is 3. The lowest BCUT2D eigenvalue weighted by molar-refractivity contribution is 0.0696. The van der Waals surface area contributed by atoms with Crippen LogP contribution in [-0.2, 0) is 4.74 Å². The molecule has 1 saturated carbocycles. The molecule has 0 aliphatic heterocycles. The number of pyridine rings is 1. The maximum Gasteiger partial charge on any atom is 0.415 e. The first-order valence-corrected chi connectivity index (χ1v) is 10.4. The third-order valence-corrected chi connectivity index (χ3v) is 5.97. The van der Waals surface area contributed by atoms with Gasteiger partial charge in [0.1, 0.15) is 12.4 Å². The Hall–Kier alpha value is -3.67. The molecule has 0 radical (unpaired) electrons. The maximum absolute atomic E-state index is 13.1. The van der Waals surface area contributed by atoms with E-state index in [1.165, 1.54) is 28.3 Å². The lowest BCUT2D eigenvalue weighted by atomic mass is 9.98. The van der Waals surface area contributed by atoms with E-state index in [0.29, 0.717) is 18.3 Å². The van der Waals surface area contributed by atoms with Gasteiger partial charge < -0.3 is 9.84 Å². The summed E-state index contributed by atoms with van der Waals surface area (Å²) < 4.78 is 5.79. The molecule has 2 aliphatic carbocycles. The summed E-state index contributed by atoms with van der Waals surface area (Å²) in [6, 6.07) is 19.5. The number of carbonyl (C=O) groups is 2. The second-order valence-electron chi connectivity index (χ2n) is 8.07. The van der Waals surface area contributed by atoms with Crippen LogP contribution in [-0.4, -0.2) is 35.3 Å². The molecule has 1 fully saturated rings. The van der Waals surface area contributed by atoms with E-state index in [1.54, 1.807) is 6.07 Å². The predicted molar refractivity (Wildman–Crippen MR) is 116 cm³/mol. The largest absolute Gasteiger partial charge is 0.478 e. The smallest absolute Gasteiger partial charge is 0.415 e. The normalized spacial score (nSPS) is 14.6. The molecule has 0 atom stereocenters. The third-order valence-electron chi connectivity index (χ3n) is 5.97. The van der Waals surface area contributed by atoms with Gasteiger partial charge in [0.2, 0.25) is 0 Å². The van der Waals surface area contributed by atoms with Crippen LogP contribution in [0.5, 0.6) is 0 Å². The number of hydrogen-bond donors (Lipinski definition) is 1. The van der Waals surface area contributed by atoms with Crippen LogP contribution >= 0.6 is 0 Å². The summed E-state index contributed by atoms with van der Waals surface area (Å²) in [6.07, 6.45) is 2.96. The second kappa shape index (κ2) is 7.87. The standard InChI is InChI=1S/C25H22N2O4/c28-24(29)17-11-12-23(26-13-17)27(14-16-9-10-16)25(30)31-15-22-20-7-3-1-5-18(20)19-6-2-4-8-21(19)22/h1-8,11-13,16,22H,9-10,14-15H2,(H,28,29). The average Bonchev–Trinajstić information content (AvgIpc) is 3.57. The van der Waals surface area contributed by atoms with Crippen LogP contribution in [0.25, 0.3) is 11.1 Å². The van der Waals surface area contributed by atoms with Crippen LogP contribution in [0.2, 0.25) is 0 Å². The van der Waals surface area contributed by atoms with Crippen molar-refractivity contribution in [2.24, 2.45) is 5.92 Å². The maximum atomic E-state index is 13.1. The van der Waals surface area contributed by atoms with Gasteiger partial charge in [0.15, 0.2) is 0 Å². The van der Waals surface area contributed by atoms with E-state index < -0.39 is 12.1 Å². The Balaban J connectivity index is 1.36. The number of benzene rings is 2. The van der Waals surface area contributed by atoms with E-state index in [2.05, 4.69) is 29.2 Å². The zero-order valence-corrected chi connectivity index (χ0v) is 16.9. The first-order valence-electron chi connectivity index (χ1n) is 10.4. The summed E-state index contributed by atoms with van der Waals surface area (Å²) in [5.41, 5.74) is 4.77. The highest BCUT2D eigenvalue weighted by molar-refractivity contribution is 5.89. The molecule has 0 spiro atoms. The monoisotopic (exact) mass is 414 g/mol. The number of rotatable bonds is 6. The molecule has 1 amide bonds. The van der Waals surface area contributed by atoms with Gasteiger partial charge >= 0.3 is 12.1 Å². The fraction of sp³-hybridized carbons (Fsp3) is 0.240. The van der Waals surface area contributed by atoms with Crippen molar-refractivity contribution in [1.29, 1.82) is 0 Å². The SMILES string of the molecule is O=C(O)c1ccc(N(CC2CC2)C(=O)OCC2c3ccccc3-c3ccccc32)nc1. The van der Waals surface area contributed by atoms with Crippen molar-refractivity contribution in [3.63, 3.8) is 0 Å². The van der Waals surface area contributed by atoms with Crippen molar-refractivity contribution < 1.29 is 19.4 Å². The summed E-state index contributed by atoms with van der Waals surface area (Å²) in [7, 11) is 0. The van der Waals surface area contributed by atoms with Crippen LogP contribution in [0.4, 0.5) is 10.6 Å². The first kappa shape index (κ1) is 19.3. The fourth-order valence-electron chi connectivity index (χ4n) is 4.16. The Morgan fingerprint density at radius 2 is 1.61 bits per heavy atom. The van der Waals surface area contributed by atoms with Gasteiger partial charge in [0, 0.05) is 18.7 Å². The van der Waals surface area contributed by atoms with Gasteiger partial charge in [0.05, 0.1) is 5.56 Å². The summed E-state index contributed by atoms with van der Waals surface area (Å²) in [5.74, 6) is -0.217. The Labute approximate surface area is 180 Å². The number of aromatic nitrogens is 1. The first-order chi connectivity index (χ1) is 15.1. The molecule has 2 aliphatic rings. The molecule has 6 heteroatoms. The minimum absolute atomic E-state index is 0.0125. The molecule has 1 N–H and O–H groups in total. The highest BCUT2D eigenvalue weighted by Gasteiger charge is 2.32. The van der Waals surface area contributed by atoms with Crippen molar-refractivity contribution in [3.8, 4) is 11.1 Å². The van der Waals surface area contributed by atoms with Gasteiger partial charge in [-0.05, 0) is 53.1 Å². The Kier molecular flexibility index (Phi) is 4.90. The Morgan fingerprint density at radius 1 is 0.968 bits per heavy atom.